The van der Waals surface area contributed by atoms with Crippen molar-refractivity contribution in [2.24, 2.45) is 0 Å². The predicted molar refractivity (Wildman–Crippen MR) is 253 cm³/mol. The number of rotatable bonds is 8. The van der Waals surface area contributed by atoms with Gasteiger partial charge >= 0.3 is 8.45 Å². The normalized spacial score (nSPS) is 15.8. The van der Waals surface area contributed by atoms with Gasteiger partial charge < -0.3 is 13.8 Å². The molecule has 1 aliphatic heterocycles. The van der Waals surface area contributed by atoms with Gasteiger partial charge in [-0.05, 0) is 117 Å². The SMILES string of the molecule is Cc1cc(OP(C2CCc3ccccc32)n2cc(C)c3ccccc32)c2c(c1)C(C)(C)c1cc(C)cc(OP(n3cc(C)c4ccccc43)n3cc(C)c4ccccc43)c1O2. The number of aryl methyl sites for hydroxylation is 6. The summed E-state index contributed by atoms with van der Waals surface area (Å²) < 4.78 is 29.6. The van der Waals surface area contributed by atoms with Crippen molar-refractivity contribution in [3.8, 4) is 23.0 Å². The fraction of sp³-hybridized carbons (Fsp3) is 0.208. The topological polar surface area (TPSA) is 42.5 Å². The largest absolute Gasteiger partial charge is 0.449 e. The summed E-state index contributed by atoms with van der Waals surface area (Å²) >= 11 is 0. The second-order valence-electron chi connectivity index (χ2n) is 17.5. The Hall–Kier alpha value is -5.80. The maximum absolute atomic E-state index is 7.59. The molecule has 304 valence electrons. The van der Waals surface area contributed by atoms with Gasteiger partial charge in [-0.25, -0.2) is 0 Å². The second kappa shape index (κ2) is 14.4. The fourth-order valence-corrected chi connectivity index (χ4v) is 14.2. The maximum Gasteiger partial charge on any atom is 0.318 e. The molecule has 8 heteroatoms. The molecule has 6 nitrogen and oxygen atoms in total. The highest BCUT2D eigenvalue weighted by molar-refractivity contribution is 7.52. The Labute approximate surface area is 360 Å². The van der Waals surface area contributed by atoms with Gasteiger partial charge in [0.15, 0.2) is 23.0 Å². The summed E-state index contributed by atoms with van der Waals surface area (Å²) in [6.45, 7) is 15.5. The second-order valence-corrected chi connectivity index (χ2v) is 20.9. The first kappa shape index (κ1) is 38.1. The Morgan fingerprint density at radius 2 is 1.02 bits per heavy atom. The van der Waals surface area contributed by atoms with Crippen LogP contribution in [0.1, 0.15) is 76.0 Å². The minimum Gasteiger partial charge on any atom is -0.449 e. The predicted octanol–water partition coefficient (Wildman–Crippen LogP) is 15.2. The minimum absolute atomic E-state index is 0.214. The molecule has 9 aromatic rings. The lowest BCUT2D eigenvalue weighted by Crippen LogP contribution is -2.25. The van der Waals surface area contributed by atoms with Crippen LogP contribution >= 0.6 is 16.7 Å². The van der Waals surface area contributed by atoms with Gasteiger partial charge in [-0.1, -0.05) is 105 Å². The zero-order chi connectivity index (χ0) is 41.7. The van der Waals surface area contributed by atoms with Crippen molar-refractivity contribution in [1.82, 2.24) is 13.0 Å². The van der Waals surface area contributed by atoms with Gasteiger partial charge in [0.2, 0.25) is 8.30 Å². The standard InChI is InChI=1S/C53H49N3O3P2/c1-33-26-43-51(48(28-33)58-60(50-25-24-38-16-8-9-20-42(38)50)54-30-35(3)39-17-10-13-21-45(39)54)57-52-44(53(43,6)7)27-34(2)29-49(52)59-61(55-31-36(4)40-18-11-14-22-46(40)55)56-32-37(5)41-19-12-15-23-47(41)56/h8-23,26-32,50H,24-25H2,1-7H3. The smallest absolute Gasteiger partial charge is 0.318 e. The molecular weight excluding hydrogens is 789 g/mol. The minimum atomic E-state index is -1.49. The molecular formula is C53H49N3O3P2. The molecule has 0 fully saturated rings. The number of para-hydroxylation sites is 3. The molecule has 0 saturated heterocycles. The van der Waals surface area contributed by atoms with E-state index in [-0.39, 0.29) is 5.66 Å². The Balaban J connectivity index is 1.07. The Morgan fingerprint density at radius 3 is 1.57 bits per heavy atom. The van der Waals surface area contributed by atoms with E-state index in [4.69, 9.17) is 13.8 Å². The van der Waals surface area contributed by atoms with Crippen LogP contribution in [0.4, 0.5) is 0 Å². The molecule has 0 spiro atoms. The van der Waals surface area contributed by atoms with Crippen LogP contribution in [0.25, 0.3) is 32.7 Å². The summed E-state index contributed by atoms with van der Waals surface area (Å²) in [7, 11) is -2.73. The first-order chi connectivity index (χ1) is 29.5. The Kier molecular flexibility index (Phi) is 9.01. The van der Waals surface area contributed by atoms with Crippen molar-refractivity contribution in [1.29, 1.82) is 0 Å². The zero-order valence-electron chi connectivity index (χ0n) is 35.7. The van der Waals surface area contributed by atoms with Crippen molar-refractivity contribution in [3.63, 3.8) is 0 Å². The molecule has 1 aliphatic carbocycles. The Morgan fingerprint density at radius 1 is 0.557 bits per heavy atom. The van der Waals surface area contributed by atoms with Crippen LogP contribution in [-0.4, -0.2) is 13.0 Å². The molecule has 0 saturated carbocycles. The number of benzene rings is 6. The van der Waals surface area contributed by atoms with E-state index >= 15 is 0 Å². The van der Waals surface area contributed by atoms with E-state index in [1.54, 1.807) is 0 Å². The third kappa shape index (κ3) is 6.13. The van der Waals surface area contributed by atoms with Gasteiger partial charge in [0.1, 0.15) is 0 Å². The summed E-state index contributed by atoms with van der Waals surface area (Å²) in [6.07, 6.45) is 8.86. The first-order valence-electron chi connectivity index (χ1n) is 21.3. The fourth-order valence-electron chi connectivity index (χ4n) is 9.84. The van der Waals surface area contributed by atoms with E-state index in [2.05, 4.69) is 201 Å². The molecule has 11 rings (SSSR count). The van der Waals surface area contributed by atoms with Crippen molar-refractivity contribution in [3.05, 3.63) is 190 Å². The molecule has 6 aromatic carbocycles. The first-order valence-corrected chi connectivity index (χ1v) is 23.7. The highest BCUT2D eigenvalue weighted by Crippen LogP contribution is 2.63. The van der Waals surface area contributed by atoms with Crippen LogP contribution in [0, 0.1) is 34.6 Å². The van der Waals surface area contributed by atoms with E-state index in [1.807, 2.05) is 0 Å². The monoisotopic (exact) mass is 837 g/mol. The van der Waals surface area contributed by atoms with Crippen molar-refractivity contribution >= 4 is 49.5 Å². The zero-order valence-corrected chi connectivity index (χ0v) is 37.5. The molecule has 0 amide bonds. The number of hydrogen-bond donors (Lipinski definition) is 0. The van der Waals surface area contributed by atoms with Crippen LogP contribution in [0.5, 0.6) is 23.0 Å². The Bertz CT molecular complexity index is 3130. The summed E-state index contributed by atoms with van der Waals surface area (Å²) in [5.41, 5.74) is 14.2. The lowest BCUT2D eigenvalue weighted by Gasteiger charge is -2.37. The van der Waals surface area contributed by atoms with Gasteiger partial charge in [-0.2, -0.15) is 0 Å². The molecule has 4 heterocycles. The molecule has 0 N–H and O–H groups in total. The molecule has 0 bridgehead atoms. The number of ether oxygens (including phenoxy) is 1. The maximum atomic E-state index is 7.59. The van der Waals surface area contributed by atoms with E-state index in [0.29, 0.717) is 0 Å². The summed E-state index contributed by atoms with van der Waals surface area (Å²) in [5, 5.41) is 3.69. The number of hydrogen-bond acceptors (Lipinski definition) is 3. The lowest BCUT2D eigenvalue weighted by atomic mass is 9.74. The number of fused-ring (bicyclic) bond motifs is 6. The van der Waals surface area contributed by atoms with Gasteiger partial charge in [0.05, 0.1) is 22.2 Å². The third-order valence-corrected chi connectivity index (χ3v) is 16.9. The van der Waals surface area contributed by atoms with Gasteiger partial charge in [-0.3, -0.25) is 13.0 Å². The van der Waals surface area contributed by atoms with Crippen LogP contribution in [0.15, 0.2) is 140 Å². The summed E-state index contributed by atoms with van der Waals surface area (Å²) in [6, 6.07) is 43.8. The van der Waals surface area contributed by atoms with Gasteiger partial charge in [0, 0.05) is 51.3 Å². The van der Waals surface area contributed by atoms with E-state index < -0.39 is 22.2 Å². The van der Waals surface area contributed by atoms with E-state index in [9.17, 15) is 0 Å². The summed E-state index contributed by atoms with van der Waals surface area (Å²) in [4.78, 5) is 0. The van der Waals surface area contributed by atoms with Crippen molar-refractivity contribution < 1.29 is 13.8 Å². The highest BCUT2D eigenvalue weighted by atomic mass is 31.2. The van der Waals surface area contributed by atoms with Gasteiger partial charge in [-0.15, -0.1) is 0 Å². The average Bonchev–Trinajstić information content (AvgIpc) is 4.02. The number of aromatic nitrogens is 3. The molecule has 0 radical (unpaired) electrons. The summed E-state index contributed by atoms with van der Waals surface area (Å²) in [5.74, 6) is 2.99. The van der Waals surface area contributed by atoms with Crippen LogP contribution < -0.4 is 13.8 Å². The van der Waals surface area contributed by atoms with Gasteiger partial charge in [0.25, 0.3) is 0 Å². The lowest BCUT2D eigenvalue weighted by molar-refractivity contribution is 0.384. The molecule has 2 aliphatic rings. The number of nitrogens with zero attached hydrogens (tertiary/aromatic N) is 3. The van der Waals surface area contributed by atoms with Crippen LogP contribution in [0.3, 0.4) is 0 Å². The van der Waals surface area contributed by atoms with Crippen LogP contribution in [-0.2, 0) is 11.8 Å². The van der Waals surface area contributed by atoms with Crippen molar-refractivity contribution in [2.75, 3.05) is 0 Å². The average molecular weight is 838 g/mol. The molecule has 2 unspecified atom stereocenters. The van der Waals surface area contributed by atoms with E-state index in [1.165, 1.54) is 49.5 Å². The molecule has 61 heavy (non-hydrogen) atoms. The quantitative estimate of drug-likeness (QED) is 0.143. The highest BCUT2D eigenvalue weighted by Gasteiger charge is 2.41. The molecule has 3 aromatic heterocycles. The third-order valence-electron chi connectivity index (χ3n) is 12.9. The van der Waals surface area contributed by atoms with E-state index in [0.717, 1.165) is 69.1 Å². The van der Waals surface area contributed by atoms with Crippen molar-refractivity contribution in [2.45, 2.75) is 72.4 Å². The molecule has 2 atom stereocenters. The van der Waals surface area contributed by atoms with Crippen LogP contribution in [0.2, 0.25) is 0 Å².